The summed E-state index contributed by atoms with van der Waals surface area (Å²) in [4.78, 5) is 14.8. The second-order valence-electron chi connectivity index (χ2n) is 7.17. The number of amides is 1. The first kappa shape index (κ1) is 14.6. The van der Waals surface area contributed by atoms with E-state index in [1.807, 2.05) is 0 Å². The third-order valence-electron chi connectivity index (χ3n) is 5.41. The van der Waals surface area contributed by atoms with Crippen molar-refractivity contribution in [2.75, 3.05) is 19.6 Å². The summed E-state index contributed by atoms with van der Waals surface area (Å²) < 4.78 is 0. The monoisotopic (exact) mass is 286 g/mol. The molecule has 2 heterocycles. The summed E-state index contributed by atoms with van der Waals surface area (Å²) in [7, 11) is 0. The average Bonchev–Trinajstić information content (AvgIpc) is 3.00. The zero-order valence-electron chi connectivity index (χ0n) is 13.4. The van der Waals surface area contributed by atoms with E-state index in [4.69, 9.17) is 0 Å². The third-order valence-corrected chi connectivity index (χ3v) is 5.41. The number of nitrogens with one attached hydrogen (secondary N) is 1. The quantitative estimate of drug-likeness (QED) is 0.925. The maximum absolute atomic E-state index is 12.6. The van der Waals surface area contributed by atoms with Gasteiger partial charge in [-0.1, -0.05) is 29.8 Å². The minimum absolute atomic E-state index is 0.00146. The molecule has 1 aromatic rings. The first-order valence-corrected chi connectivity index (χ1v) is 8.05. The molecule has 2 unspecified atom stereocenters. The van der Waals surface area contributed by atoms with Crippen molar-refractivity contribution < 1.29 is 4.79 Å². The summed E-state index contributed by atoms with van der Waals surface area (Å²) in [6.07, 6.45) is 1.47. The summed E-state index contributed by atoms with van der Waals surface area (Å²) in [6.45, 7) is 9.60. The maximum atomic E-state index is 12.6. The van der Waals surface area contributed by atoms with Gasteiger partial charge in [-0.3, -0.25) is 4.79 Å². The van der Waals surface area contributed by atoms with E-state index in [0.29, 0.717) is 24.2 Å². The van der Waals surface area contributed by atoms with Gasteiger partial charge in [0.15, 0.2) is 0 Å². The van der Waals surface area contributed by atoms with Crippen LogP contribution in [0.25, 0.3) is 0 Å². The number of hydrogen-bond acceptors (Lipinski definition) is 2. The van der Waals surface area contributed by atoms with Crippen molar-refractivity contribution in [1.29, 1.82) is 0 Å². The molecule has 2 atom stereocenters. The minimum Gasteiger partial charge on any atom is -0.337 e. The lowest BCUT2D eigenvalue weighted by Gasteiger charge is -2.35. The molecule has 3 nitrogen and oxygen atoms in total. The number of hydrogen-bond donors (Lipinski definition) is 1. The van der Waals surface area contributed by atoms with Gasteiger partial charge in [0.05, 0.1) is 0 Å². The van der Waals surface area contributed by atoms with Crippen LogP contribution in [-0.2, 0) is 11.2 Å². The lowest BCUT2D eigenvalue weighted by Crippen LogP contribution is -2.47. The van der Waals surface area contributed by atoms with Crippen LogP contribution < -0.4 is 5.32 Å². The first-order valence-electron chi connectivity index (χ1n) is 8.05. The Morgan fingerprint density at radius 1 is 1.29 bits per heavy atom. The SMILES string of the molecule is Cc1ccc(CCC(=O)N2CC3CNCC3C2(C)C)cc1. The molecule has 2 fully saturated rings. The highest BCUT2D eigenvalue weighted by atomic mass is 16.2. The molecule has 2 aliphatic rings. The van der Waals surface area contributed by atoms with Crippen LogP contribution >= 0.6 is 0 Å². The molecule has 1 N–H and O–H groups in total. The van der Waals surface area contributed by atoms with E-state index in [9.17, 15) is 4.79 Å². The Morgan fingerprint density at radius 2 is 2.00 bits per heavy atom. The van der Waals surface area contributed by atoms with Crippen LogP contribution in [0.2, 0.25) is 0 Å². The molecule has 114 valence electrons. The number of fused-ring (bicyclic) bond motifs is 1. The van der Waals surface area contributed by atoms with Crippen LogP contribution in [-0.4, -0.2) is 36.0 Å². The zero-order chi connectivity index (χ0) is 15.0. The first-order chi connectivity index (χ1) is 9.98. The summed E-state index contributed by atoms with van der Waals surface area (Å²) >= 11 is 0. The van der Waals surface area contributed by atoms with E-state index in [1.165, 1.54) is 11.1 Å². The van der Waals surface area contributed by atoms with Crippen LogP contribution in [0, 0.1) is 18.8 Å². The maximum Gasteiger partial charge on any atom is 0.223 e. The largest absolute Gasteiger partial charge is 0.337 e. The Hall–Kier alpha value is -1.35. The van der Waals surface area contributed by atoms with Gasteiger partial charge in [-0.05, 0) is 44.6 Å². The Labute approximate surface area is 127 Å². The van der Waals surface area contributed by atoms with Gasteiger partial charge < -0.3 is 10.2 Å². The predicted molar refractivity (Wildman–Crippen MR) is 85.1 cm³/mol. The minimum atomic E-state index is -0.00146. The van der Waals surface area contributed by atoms with Crippen LogP contribution in [0.5, 0.6) is 0 Å². The van der Waals surface area contributed by atoms with Gasteiger partial charge in [0.1, 0.15) is 0 Å². The van der Waals surface area contributed by atoms with Crippen molar-refractivity contribution in [2.45, 2.75) is 39.2 Å². The molecule has 1 aromatic carbocycles. The normalized spacial score (nSPS) is 26.9. The summed E-state index contributed by atoms with van der Waals surface area (Å²) in [5, 5.41) is 3.46. The Balaban J connectivity index is 1.62. The van der Waals surface area contributed by atoms with E-state index >= 15 is 0 Å². The average molecular weight is 286 g/mol. The van der Waals surface area contributed by atoms with Crippen molar-refractivity contribution in [2.24, 2.45) is 11.8 Å². The topological polar surface area (TPSA) is 32.3 Å². The van der Waals surface area contributed by atoms with Gasteiger partial charge in [-0.2, -0.15) is 0 Å². The molecular weight excluding hydrogens is 260 g/mol. The van der Waals surface area contributed by atoms with Crippen LogP contribution in [0.15, 0.2) is 24.3 Å². The zero-order valence-corrected chi connectivity index (χ0v) is 13.4. The Kier molecular flexibility index (Phi) is 3.78. The fourth-order valence-electron chi connectivity index (χ4n) is 3.99. The summed E-state index contributed by atoms with van der Waals surface area (Å²) in [5.41, 5.74) is 2.53. The van der Waals surface area contributed by atoms with Gasteiger partial charge in [0.25, 0.3) is 0 Å². The van der Waals surface area contributed by atoms with E-state index < -0.39 is 0 Å². The molecule has 0 aromatic heterocycles. The highest BCUT2D eigenvalue weighted by Crippen LogP contribution is 2.40. The van der Waals surface area contributed by atoms with Crippen LogP contribution in [0.3, 0.4) is 0 Å². The van der Waals surface area contributed by atoms with Gasteiger partial charge in [0, 0.05) is 31.6 Å². The number of carbonyl (C=O) groups is 1. The second-order valence-corrected chi connectivity index (χ2v) is 7.17. The molecule has 3 rings (SSSR count). The lowest BCUT2D eigenvalue weighted by molar-refractivity contribution is -0.135. The smallest absolute Gasteiger partial charge is 0.223 e. The van der Waals surface area contributed by atoms with Crippen LogP contribution in [0.4, 0.5) is 0 Å². The molecule has 21 heavy (non-hydrogen) atoms. The Bertz CT molecular complexity index is 521. The molecule has 1 amide bonds. The second kappa shape index (κ2) is 5.45. The van der Waals surface area contributed by atoms with Crippen molar-refractivity contribution >= 4 is 5.91 Å². The van der Waals surface area contributed by atoms with E-state index in [-0.39, 0.29) is 5.54 Å². The third kappa shape index (κ3) is 2.71. The van der Waals surface area contributed by atoms with Crippen molar-refractivity contribution in [1.82, 2.24) is 10.2 Å². The van der Waals surface area contributed by atoms with Gasteiger partial charge in [0.2, 0.25) is 5.91 Å². The summed E-state index contributed by atoms with van der Waals surface area (Å²) in [5.74, 6) is 1.57. The van der Waals surface area contributed by atoms with E-state index in [1.54, 1.807) is 0 Å². The molecular formula is C18H26N2O. The molecule has 3 heteroatoms. The van der Waals surface area contributed by atoms with E-state index in [0.717, 1.165) is 26.1 Å². The lowest BCUT2D eigenvalue weighted by atomic mass is 9.85. The molecule has 0 aliphatic carbocycles. The van der Waals surface area contributed by atoms with Crippen molar-refractivity contribution in [3.63, 3.8) is 0 Å². The number of rotatable bonds is 3. The van der Waals surface area contributed by atoms with Crippen molar-refractivity contribution in [3.8, 4) is 0 Å². The standard InChI is InChI=1S/C18H26N2O/c1-13-4-6-14(7-5-13)8-9-17(21)20-12-15-10-19-11-16(15)18(20,2)3/h4-7,15-16,19H,8-12H2,1-3H3. The van der Waals surface area contributed by atoms with Crippen molar-refractivity contribution in [3.05, 3.63) is 35.4 Å². The highest BCUT2D eigenvalue weighted by molar-refractivity contribution is 5.77. The van der Waals surface area contributed by atoms with E-state index in [2.05, 4.69) is 55.3 Å². The predicted octanol–water partition coefficient (Wildman–Crippen LogP) is 2.38. The fourth-order valence-corrected chi connectivity index (χ4v) is 3.99. The number of benzene rings is 1. The summed E-state index contributed by atoms with van der Waals surface area (Å²) in [6, 6.07) is 8.51. The molecule has 0 spiro atoms. The molecule has 0 bridgehead atoms. The van der Waals surface area contributed by atoms with Crippen LogP contribution in [0.1, 0.15) is 31.4 Å². The molecule has 2 saturated heterocycles. The van der Waals surface area contributed by atoms with Gasteiger partial charge >= 0.3 is 0 Å². The number of aryl methyl sites for hydroxylation is 2. The fraction of sp³-hybridized carbons (Fsp3) is 0.611. The molecule has 0 radical (unpaired) electrons. The number of carbonyl (C=O) groups excluding carboxylic acids is 1. The van der Waals surface area contributed by atoms with Gasteiger partial charge in [-0.15, -0.1) is 0 Å². The Morgan fingerprint density at radius 3 is 2.67 bits per heavy atom. The van der Waals surface area contributed by atoms with Gasteiger partial charge in [-0.25, -0.2) is 0 Å². The highest BCUT2D eigenvalue weighted by Gasteiger charge is 2.50. The molecule has 2 aliphatic heterocycles. The molecule has 0 saturated carbocycles. The number of likely N-dealkylation sites (tertiary alicyclic amines) is 1. The number of nitrogens with zero attached hydrogens (tertiary/aromatic N) is 1.